The predicted molar refractivity (Wildman–Crippen MR) is 158 cm³/mol. The number of nitrogens with zero attached hydrogens (tertiary/aromatic N) is 2. The van der Waals surface area contributed by atoms with Crippen LogP contribution in [0.3, 0.4) is 0 Å². The molecular formula is C31H39N3O5S. The Morgan fingerprint density at radius 1 is 0.900 bits per heavy atom. The lowest BCUT2D eigenvalue weighted by molar-refractivity contribution is -0.139. The SMILES string of the molecule is CCOc1ccccc1N(CC(=O)N(Cc1ccccc1)C(C)C(=O)NCC(C)C)S(=O)(=O)c1ccc(C)cc1. The summed E-state index contributed by atoms with van der Waals surface area (Å²) in [5.41, 5.74) is 1.98. The Bertz CT molecular complexity index is 1380. The highest BCUT2D eigenvalue weighted by atomic mass is 32.2. The molecule has 0 aromatic heterocycles. The van der Waals surface area contributed by atoms with Crippen LogP contribution in [0.1, 0.15) is 38.8 Å². The fourth-order valence-corrected chi connectivity index (χ4v) is 5.53. The number of para-hydroxylation sites is 2. The first-order chi connectivity index (χ1) is 19.0. The number of aryl methyl sites for hydroxylation is 1. The summed E-state index contributed by atoms with van der Waals surface area (Å²) in [6, 6.07) is 21.7. The minimum Gasteiger partial charge on any atom is -0.492 e. The van der Waals surface area contributed by atoms with Gasteiger partial charge in [0.15, 0.2) is 0 Å². The molecule has 0 saturated carbocycles. The molecule has 0 aliphatic rings. The topological polar surface area (TPSA) is 96.0 Å². The molecule has 0 aliphatic heterocycles. The van der Waals surface area contributed by atoms with E-state index in [1.165, 1.54) is 17.0 Å². The highest BCUT2D eigenvalue weighted by Crippen LogP contribution is 2.33. The third-order valence-electron chi connectivity index (χ3n) is 6.37. The van der Waals surface area contributed by atoms with Gasteiger partial charge < -0.3 is 15.0 Å². The third kappa shape index (κ3) is 7.85. The smallest absolute Gasteiger partial charge is 0.264 e. The Labute approximate surface area is 238 Å². The molecule has 3 rings (SSSR count). The number of hydrogen-bond acceptors (Lipinski definition) is 5. The van der Waals surface area contributed by atoms with Crippen molar-refractivity contribution in [1.29, 1.82) is 0 Å². The van der Waals surface area contributed by atoms with Crippen LogP contribution in [-0.4, -0.2) is 50.9 Å². The summed E-state index contributed by atoms with van der Waals surface area (Å²) in [6.07, 6.45) is 0. The monoisotopic (exact) mass is 565 g/mol. The zero-order chi connectivity index (χ0) is 29.3. The van der Waals surface area contributed by atoms with E-state index in [-0.39, 0.29) is 29.0 Å². The maximum atomic E-state index is 14.0. The van der Waals surface area contributed by atoms with Crippen LogP contribution in [0.4, 0.5) is 5.69 Å². The maximum absolute atomic E-state index is 14.0. The van der Waals surface area contributed by atoms with E-state index in [9.17, 15) is 18.0 Å². The molecule has 1 unspecified atom stereocenters. The fourth-order valence-electron chi connectivity index (χ4n) is 4.11. The second-order valence-corrected chi connectivity index (χ2v) is 11.9. The van der Waals surface area contributed by atoms with E-state index in [4.69, 9.17) is 4.74 Å². The van der Waals surface area contributed by atoms with Crippen LogP contribution < -0.4 is 14.4 Å². The van der Waals surface area contributed by atoms with Crippen molar-refractivity contribution in [3.8, 4) is 5.75 Å². The molecule has 0 bridgehead atoms. The molecule has 0 heterocycles. The van der Waals surface area contributed by atoms with Gasteiger partial charge in [-0.25, -0.2) is 8.42 Å². The van der Waals surface area contributed by atoms with Gasteiger partial charge >= 0.3 is 0 Å². The minimum atomic E-state index is -4.18. The molecule has 3 aromatic carbocycles. The van der Waals surface area contributed by atoms with E-state index in [1.807, 2.05) is 51.1 Å². The van der Waals surface area contributed by atoms with Gasteiger partial charge in [-0.1, -0.05) is 74.0 Å². The Balaban J connectivity index is 2.05. The summed E-state index contributed by atoms with van der Waals surface area (Å²) in [5, 5.41) is 2.89. The van der Waals surface area contributed by atoms with Crippen LogP contribution in [0, 0.1) is 12.8 Å². The van der Waals surface area contributed by atoms with Gasteiger partial charge in [-0.05, 0) is 56.5 Å². The number of nitrogens with one attached hydrogen (secondary N) is 1. The first kappa shape index (κ1) is 30.7. The molecule has 3 aromatic rings. The number of anilines is 1. The van der Waals surface area contributed by atoms with Crippen LogP contribution in [0.25, 0.3) is 0 Å². The first-order valence-electron chi connectivity index (χ1n) is 13.5. The van der Waals surface area contributed by atoms with Gasteiger partial charge in [0.25, 0.3) is 10.0 Å². The molecule has 0 fully saturated rings. The van der Waals surface area contributed by atoms with Gasteiger partial charge in [-0.2, -0.15) is 0 Å². The summed E-state index contributed by atoms with van der Waals surface area (Å²) in [7, 11) is -4.18. The van der Waals surface area contributed by atoms with Crippen molar-refractivity contribution < 1.29 is 22.7 Å². The summed E-state index contributed by atoms with van der Waals surface area (Å²) in [6.45, 7) is 9.71. The largest absolute Gasteiger partial charge is 0.492 e. The number of rotatable bonds is 13. The van der Waals surface area contributed by atoms with Crippen molar-refractivity contribution >= 4 is 27.5 Å². The van der Waals surface area contributed by atoms with Gasteiger partial charge in [0.2, 0.25) is 11.8 Å². The van der Waals surface area contributed by atoms with Gasteiger partial charge in [0, 0.05) is 13.1 Å². The lowest BCUT2D eigenvalue weighted by Gasteiger charge is -2.32. The van der Waals surface area contributed by atoms with Crippen molar-refractivity contribution in [2.24, 2.45) is 5.92 Å². The molecule has 8 nitrogen and oxygen atoms in total. The highest BCUT2D eigenvalue weighted by molar-refractivity contribution is 7.92. The van der Waals surface area contributed by atoms with Gasteiger partial charge in [0.1, 0.15) is 18.3 Å². The fraction of sp³-hybridized carbons (Fsp3) is 0.355. The van der Waals surface area contributed by atoms with E-state index in [0.29, 0.717) is 18.9 Å². The average Bonchev–Trinajstić information content (AvgIpc) is 2.94. The Morgan fingerprint density at radius 3 is 2.15 bits per heavy atom. The molecule has 2 amide bonds. The van der Waals surface area contributed by atoms with Crippen LogP contribution in [0.15, 0.2) is 83.8 Å². The van der Waals surface area contributed by atoms with Crippen molar-refractivity contribution in [2.75, 3.05) is 24.0 Å². The van der Waals surface area contributed by atoms with Crippen molar-refractivity contribution in [1.82, 2.24) is 10.2 Å². The molecule has 0 spiro atoms. The number of benzene rings is 3. The number of carbonyl (C=O) groups is 2. The molecule has 1 N–H and O–H groups in total. The van der Waals surface area contributed by atoms with Crippen LogP contribution in [0.5, 0.6) is 5.75 Å². The molecule has 0 radical (unpaired) electrons. The summed E-state index contributed by atoms with van der Waals surface area (Å²) in [4.78, 5) is 28.6. The van der Waals surface area contributed by atoms with Crippen LogP contribution >= 0.6 is 0 Å². The summed E-state index contributed by atoms with van der Waals surface area (Å²) in [5.74, 6) is -0.246. The second-order valence-electron chi connectivity index (χ2n) is 10.0. The van der Waals surface area contributed by atoms with E-state index >= 15 is 0 Å². The molecule has 9 heteroatoms. The van der Waals surface area contributed by atoms with Gasteiger partial charge in [-0.3, -0.25) is 13.9 Å². The van der Waals surface area contributed by atoms with E-state index in [0.717, 1.165) is 15.4 Å². The van der Waals surface area contributed by atoms with Gasteiger partial charge in [-0.15, -0.1) is 0 Å². The normalized spacial score (nSPS) is 12.1. The number of amides is 2. The quantitative estimate of drug-likeness (QED) is 0.322. The van der Waals surface area contributed by atoms with Gasteiger partial charge in [0.05, 0.1) is 17.2 Å². The number of hydrogen-bond donors (Lipinski definition) is 1. The predicted octanol–water partition coefficient (Wildman–Crippen LogP) is 4.78. The maximum Gasteiger partial charge on any atom is 0.264 e. The standard InChI is InChI=1S/C31H39N3O5S/c1-6-39-29-15-11-10-14-28(29)34(40(37,38)27-18-16-24(4)17-19-27)22-30(35)33(21-26-12-8-7-9-13-26)25(5)31(36)32-20-23(2)3/h7-19,23,25H,6,20-22H2,1-5H3,(H,32,36). The van der Waals surface area contributed by atoms with Crippen molar-refractivity contribution in [3.63, 3.8) is 0 Å². The molecule has 0 aliphatic carbocycles. The highest BCUT2D eigenvalue weighted by Gasteiger charge is 2.33. The minimum absolute atomic E-state index is 0.0505. The van der Waals surface area contributed by atoms with Crippen molar-refractivity contribution in [3.05, 3.63) is 90.0 Å². The molecular weight excluding hydrogens is 526 g/mol. The van der Waals surface area contributed by atoms with Crippen LogP contribution in [-0.2, 0) is 26.2 Å². The number of sulfonamides is 1. The van der Waals surface area contributed by atoms with E-state index in [2.05, 4.69) is 5.32 Å². The Hall–Kier alpha value is -3.85. The molecule has 214 valence electrons. The molecule has 1 atom stereocenters. The second kappa shape index (κ2) is 14.0. The first-order valence-corrected chi connectivity index (χ1v) is 14.9. The summed E-state index contributed by atoms with van der Waals surface area (Å²) < 4.78 is 34.9. The van der Waals surface area contributed by atoms with E-state index in [1.54, 1.807) is 50.2 Å². The molecule has 0 saturated heterocycles. The third-order valence-corrected chi connectivity index (χ3v) is 8.14. The van der Waals surface area contributed by atoms with E-state index < -0.39 is 28.5 Å². The zero-order valence-corrected chi connectivity index (χ0v) is 24.6. The Morgan fingerprint density at radius 2 is 1.52 bits per heavy atom. The number of carbonyl (C=O) groups excluding carboxylic acids is 2. The number of ether oxygens (including phenoxy) is 1. The lowest BCUT2D eigenvalue weighted by Crippen LogP contribution is -2.51. The Kier molecular flexibility index (Phi) is 10.7. The summed E-state index contributed by atoms with van der Waals surface area (Å²) >= 11 is 0. The zero-order valence-electron chi connectivity index (χ0n) is 23.8. The van der Waals surface area contributed by atoms with Crippen LogP contribution in [0.2, 0.25) is 0 Å². The molecule has 40 heavy (non-hydrogen) atoms. The average molecular weight is 566 g/mol. The van der Waals surface area contributed by atoms with Crippen molar-refractivity contribution in [2.45, 2.75) is 52.1 Å². The lowest BCUT2D eigenvalue weighted by atomic mass is 10.1.